The second kappa shape index (κ2) is 8.14. The molecule has 6 heteroatoms. The van der Waals surface area contributed by atoms with Crippen molar-refractivity contribution in [3.05, 3.63) is 107 Å². The fourth-order valence-corrected chi connectivity index (χ4v) is 3.96. The summed E-state index contributed by atoms with van der Waals surface area (Å²) in [4.78, 5) is 14.9. The molecule has 0 spiro atoms. The fourth-order valence-electron chi connectivity index (χ4n) is 3.96. The maximum Gasteiger partial charge on any atom is 0.131 e. The van der Waals surface area contributed by atoms with Crippen LogP contribution in [0.15, 0.2) is 84.6 Å². The molecule has 0 radical (unpaired) electrons. The zero-order valence-electron chi connectivity index (χ0n) is 17.2. The first-order valence-corrected chi connectivity index (χ1v) is 10.2. The molecule has 5 rings (SSSR count). The third-order valence-electron chi connectivity index (χ3n) is 5.53. The Morgan fingerprint density at radius 1 is 1.10 bits per heavy atom. The van der Waals surface area contributed by atoms with Crippen molar-refractivity contribution in [2.45, 2.75) is 13.5 Å². The van der Waals surface area contributed by atoms with E-state index in [1.54, 1.807) is 30.9 Å². The molecule has 1 N–H and O–H groups in total. The second-order valence-corrected chi connectivity index (χ2v) is 7.78. The van der Waals surface area contributed by atoms with Gasteiger partial charge < -0.3 is 10.2 Å². The average Bonchev–Trinajstić information content (AvgIpc) is 2.79. The summed E-state index contributed by atoms with van der Waals surface area (Å²) in [5.74, 6) is -0.208. The van der Waals surface area contributed by atoms with E-state index >= 15 is 0 Å². The van der Waals surface area contributed by atoms with Gasteiger partial charge in [0.15, 0.2) is 0 Å². The maximum atomic E-state index is 14.8. The fraction of sp³-hybridized carbons (Fsp3) is 0.160. The number of pyridine rings is 1. The van der Waals surface area contributed by atoms with Gasteiger partial charge in [0.05, 0.1) is 11.9 Å². The SMILES string of the molecule is Cc1cc(-c2ccc(CN3C=CC4=C(CNC(c5cnccn5)=C4)C3)cc2F)ccn1. The lowest BCUT2D eigenvalue weighted by atomic mass is 9.98. The lowest BCUT2D eigenvalue weighted by Gasteiger charge is -2.30. The maximum absolute atomic E-state index is 14.8. The van der Waals surface area contributed by atoms with Crippen LogP contribution in [0.5, 0.6) is 0 Å². The van der Waals surface area contributed by atoms with Gasteiger partial charge in [-0.3, -0.25) is 15.0 Å². The normalized spacial score (nSPS) is 15.4. The molecular weight excluding hydrogens is 389 g/mol. The predicted molar refractivity (Wildman–Crippen MR) is 119 cm³/mol. The van der Waals surface area contributed by atoms with Crippen LogP contribution in [-0.2, 0) is 6.54 Å². The van der Waals surface area contributed by atoms with Gasteiger partial charge in [-0.1, -0.05) is 12.1 Å². The quantitative estimate of drug-likeness (QED) is 0.695. The zero-order chi connectivity index (χ0) is 21.2. The average molecular weight is 411 g/mol. The number of hydrogen-bond donors (Lipinski definition) is 1. The Labute approximate surface area is 180 Å². The van der Waals surface area contributed by atoms with Crippen molar-refractivity contribution in [1.82, 2.24) is 25.2 Å². The molecule has 0 amide bonds. The Morgan fingerprint density at radius 2 is 2.03 bits per heavy atom. The summed E-state index contributed by atoms with van der Waals surface area (Å²) in [5, 5.41) is 3.43. The lowest BCUT2D eigenvalue weighted by Crippen LogP contribution is -2.31. The summed E-state index contributed by atoms with van der Waals surface area (Å²) in [6.45, 7) is 4.12. The monoisotopic (exact) mass is 411 g/mol. The largest absolute Gasteiger partial charge is 0.379 e. The van der Waals surface area contributed by atoms with E-state index in [2.05, 4.69) is 43.5 Å². The molecule has 0 unspecified atom stereocenters. The molecule has 2 aliphatic rings. The van der Waals surface area contributed by atoms with Gasteiger partial charge >= 0.3 is 0 Å². The number of rotatable bonds is 4. The number of hydrogen-bond acceptors (Lipinski definition) is 5. The number of nitrogens with zero attached hydrogens (tertiary/aromatic N) is 4. The highest BCUT2D eigenvalue weighted by atomic mass is 19.1. The number of nitrogens with one attached hydrogen (secondary N) is 1. The molecule has 154 valence electrons. The minimum atomic E-state index is -0.208. The van der Waals surface area contributed by atoms with Crippen molar-refractivity contribution in [2.24, 2.45) is 0 Å². The van der Waals surface area contributed by atoms with Crippen molar-refractivity contribution in [3.8, 4) is 11.1 Å². The molecule has 0 fully saturated rings. The van der Waals surface area contributed by atoms with E-state index in [4.69, 9.17) is 0 Å². The summed E-state index contributed by atoms with van der Waals surface area (Å²) >= 11 is 0. The van der Waals surface area contributed by atoms with E-state index in [9.17, 15) is 4.39 Å². The highest BCUT2D eigenvalue weighted by molar-refractivity contribution is 5.68. The number of allylic oxidation sites excluding steroid dienone is 3. The van der Waals surface area contributed by atoms with Crippen LogP contribution < -0.4 is 5.32 Å². The first-order valence-electron chi connectivity index (χ1n) is 10.2. The number of benzene rings is 1. The predicted octanol–water partition coefficient (Wildman–Crippen LogP) is 4.26. The van der Waals surface area contributed by atoms with Crippen LogP contribution in [0.3, 0.4) is 0 Å². The minimum Gasteiger partial charge on any atom is -0.379 e. The van der Waals surface area contributed by atoms with Crippen LogP contribution >= 0.6 is 0 Å². The number of aromatic nitrogens is 3. The Hall–Kier alpha value is -3.80. The van der Waals surface area contributed by atoms with E-state index < -0.39 is 0 Å². The van der Waals surface area contributed by atoms with Crippen molar-refractivity contribution < 1.29 is 4.39 Å². The van der Waals surface area contributed by atoms with Crippen molar-refractivity contribution in [1.29, 1.82) is 0 Å². The highest BCUT2D eigenvalue weighted by Gasteiger charge is 2.19. The molecule has 5 nitrogen and oxygen atoms in total. The Bertz CT molecular complexity index is 1210. The van der Waals surface area contributed by atoms with Crippen LogP contribution in [-0.4, -0.2) is 32.9 Å². The van der Waals surface area contributed by atoms with Gasteiger partial charge in [-0.05, 0) is 59.5 Å². The van der Waals surface area contributed by atoms with Gasteiger partial charge in [0.1, 0.15) is 11.5 Å². The van der Waals surface area contributed by atoms with E-state index in [1.165, 1.54) is 11.1 Å². The molecular formula is C25H22FN5. The van der Waals surface area contributed by atoms with Crippen LogP contribution in [0.4, 0.5) is 4.39 Å². The topological polar surface area (TPSA) is 53.9 Å². The third kappa shape index (κ3) is 4.10. The Morgan fingerprint density at radius 3 is 2.84 bits per heavy atom. The first-order chi connectivity index (χ1) is 15.2. The Kier molecular flexibility index (Phi) is 5.04. The van der Waals surface area contributed by atoms with Gasteiger partial charge in [-0.15, -0.1) is 0 Å². The van der Waals surface area contributed by atoms with Crippen molar-refractivity contribution >= 4 is 5.70 Å². The second-order valence-electron chi connectivity index (χ2n) is 7.78. The molecule has 0 aliphatic carbocycles. The van der Waals surface area contributed by atoms with Gasteiger partial charge in [0.25, 0.3) is 0 Å². The zero-order valence-corrected chi connectivity index (χ0v) is 17.2. The highest BCUT2D eigenvalue weighted by Crippen LogP contribution is 2.27. The number of aryl methyl sites for hydroxylation is 1. The molecule has 2 aromatic heterocycles. The van der Waals surface area contributed by atoms with Gasteiger partial charge in [-0.25, -0.2) is 4.39 Å². The smallest absolute Gasteiger partial charge is 0.131 e. The summed E-state index contributed by atoms with van der Waals surface area (Å²) in [7, 11) is 0. The van der Waals surface area contributed by atoms with Gasteiger partial charge in [0.2, 0.25) is 0 Å². The van der Waals surface area contributed by atoms with Crippen molar-refractivity contribution in [2.75, 3.05) is 13.1 Å². The molecule has 2 aliphatic heterocycles. The standard InChI is InChI=1S/C25H22FN5/c1-17-10-20(4-6-28-17)22-3-2-18(11-23(22)26)15-31-9-5-19-12-24(30-13-21(19)16-31)25-14-27-7-8-29-25/h2-12,14,30H,13,15-16H2,1H3. The molecule has 0 saturated carbocycles. The number of dihydropyridines is 1. The summed E-state index contributed by atoms with van der Waals surface area (Å²) in [6, 6.07) is 9.23. The summed E-state index contributed by atoms with van der Waals surface area (Å²) in [6.07, 6.45) is 13.1. The molecule has 31 heavy (non-hydrogen) atoms. The van der Waals surface area contributed by atoms with Crippen LogP contribution in [0.1, 0.15) is 17.0 Å². The lowest BCUT2D eigenvalue weighted by molar-refractivity contribution is 0.389. The van der Waals surface area contributed by atoms with E-state index in [0.29, 0.717) is 12.1 Å². The first kappa shape index (κ1) is 19.2. The minimum absolute atomic E-state index is 0.208. The van der Waals surface area contributed by atoms with E-state index in [0.717, 1.165) is 41.3 Å². The van der Waals surface area contributed by atoms with Crippen LogP contribution in [0.25, 0.3) is 16.8 Å². The third-order valence-corrected chi connectivity index (χ3v) is 5.53. The van der Waals surface area contributed by atoms with Gasteiger partial charge in [-0.2, -0.15) is 0 Å². The molecule has 0 saturated heterocycles. The molecule has 0 atom stereocenters. The van der Waals surface area contributed by atoms with Crippen molar-refractivity contribution in [3.63, 3.8) is 0 Å². The van der Waals surface area contributed by atoms with Crippen LogP contribution in [0.2, 0.25) is 0 Å². The number of halogens is 1. The van der Waals surface area contributed by atoms with Crippen LogP contribution in [0, 0.1) is 12.7 Å². The molecule has 3 aromatic rings. The van der Waals surface area contributed by atoms with E-state index in [-0.39, 0.29) is 5.82 Å². The Balaban J connectivity index is 1.30. The summed E-state index contributed by atoms with van der Waals surface area (Å²) in [5.41, 5.74) is 7.60. The van der Waals surface area contributed by atoms with E-state index in [1.807, 2.05) is 31.2 Å². The molecule has 4 heterocycles. The molecule has 0 bridgehead atoms. The molecule has 1 aromatic carbocycles. The summed E-state index contributed by atoms with van der Waals surface area (Å²) < 4.78 is 14.8. The van der Waals surface area contributed by atoms with Gasteiger partial charge in [0, 0.05) is 55.7 Å².